The van der Waals surface area contributed by atoms with Crippen LogP contribution in [0.5, 0.6) is 0 Å². The van der Waals surface area contributed by atoms with Gasteiger partial charge in [-0.25, -0.2) is 0 Å². The van der Waals surface area contributed by atoms with E-state index in [4.69, 9.17) is 4.74 Å². The third-order valence-corrected chi connectivity index (χ3v) is 2.17. The maximum Gasteiger partial charge on any atom is 0.0547 e. The first-order valence-corrected chi connectivity index (χ1v) is 5.53. The van der Waals surface area contributed by atoms with Gasteiger partial charge >= 0.3 is 0 Å². The standard InChI is InChI=1S/C12H24O/c1-4-6-8-10-12(3)13-11-9-7-5-2/h4,12H,1,5-11H2,2-3H3. The van der Waals surface area contributed by atoms with Gasteiger partial charge in [-0.2, -0.15) is 0 Å². The van der Waals surface area contributed by atoms with Crippen molar-refractivity contribution in [3.8, 4) is 0 Å². The number of hydrogen-bond acceptors (Lipinski definition) is 1. The first-order chi connectivity index (χ1) is 6.31. The summed E-state index contributed by atoms with van der Waals surface area (Å²) in [6.45, 7) is 9.01. The zero-order valence-electron chi connectivity index (χ0n) is 9.22. The molecule has 0 aliphatic heterocycles. The van der Waals surface area contributed by atoms with Gasteiger partial charge in [-0.1, -0.05) is 25.8 Å². The molecule has 0 fully saturated rings. The van der Waals surface area contributed by atoms with Crippen LogP contribution in [0.2, 0.25) is 0 Å². The maximum absolute atomic E-state index is 5.66. The van der Waals surface area contributed by atoms with Gasteiger partial charge in [-0.05, 0) is 32.6 Å². The molecular weight excluding hydrogens is 160 g/mol. The minimum absolute atomic E-state index is 0.428. The van der Waals surface area contributed by atoms with Crippen LogP contribution in [0.25, 0.3) is 0 Å². The SMILES string of the molecule is C=CCCCC(C)OCCCCC. The zero-order chi connectivity index (χ0) is 9.94. The molecule has 0 bridgehead atoms. The van der Waals surface area contributed by atoms with Crippen LogP contribution in [0.4, 0.5) is 0 Å². The summed E-state index contributed by atoms with van der Waals surface area (Å²) in [6, 6.07) is 0. The largest absolute Gasteiger partial charge is 0.379 e. The lowest BCUT2D eigenvalue weighted by molar-refractivity contribution is 0.0566. The fourth-order valence-corrected chi connectivity index (χ4v) is 1.27. The Morgan fingerprint density at radius 1 is 1.31 bits per heavy atom. The third kappa shape index (κ3) is 9.62. The fraction of sp³-hybridized carbons (Fsp3) is 0.833. The first kappa shape index (κ1) is 12.7. The van der Waals surface area contributed by atoms with E-state index >= 15 is 0 Å². The van der Waals surface area contributed by atoms with Gasteiger partial charge in [0.2, 0.25) is 0 Å². The molecule has 0 saturated heterocycles. The Labute approximate surface area is 83.2 Å². The minimum Gasteiger partial charge on any atom is -0.379 e. The summed E-state index contributed by atoms with van der Waals surface area (Å²) in [5.41, 5.74) is 0. The average molecular weight is 184 g/mol. The van der Waals surface area contributed by atoms with Crippen LogP contribution in [0.3, 0.4) is 0 Å². The lowest BCUT2D eigenvalue weighted by Gasteiger charge is -2.11. The van der Waals surface area contributed by atoms with Crippen molar-refractivity contribution < 1.29 is 4.74 Å². The number of unbranched alkanes of at least 4 members (excludes halogenated alkanes) is 3. The second kappa shape index (κ2) is 9.79. The molecule has 0 amide bonds. The van der Waals surface area contributed by atoms with Crippen molar-refractivity contribution in [1.29, 1.82) is 0 Å². The van der Waals surface area contributed by atoms with E-state index in [1.54, 1.807) is 0 Å². The summed E-state index contributed by atoms with van der Waals surface area (Å²) in [4.78, 5) is 0. The van der Waals surface area contributed by atoms with Crippen LogP contribution in [-0.4, -0.2) is 12.7 Å². The number of allylic oxidation sites excluding steroid dienone is 1. The molecule has 1 unspecified atom stereocenters. The van der Waals surface area contributed by atoms with Crippen molar-refractivity contribution in [2.75, 3.05) is 6.61 Å². The van der Waals surface area contributed by atoms with E-state index in [0.29, 0.717) is 6.10 Å². The molecule has 0 saturated carbocycles. The maximum atomic E-state index is 5.66. The van der Waals surface area contributed by atoms with Crippen LogP contribution in [0.15, 0.2) is 12.7 Å². The Morgan fingerprint density at radius 2 is 2.08 bits per heavy atom. The minimum atomic E-state index is 0.428. The summed E-state index contributed by atoms with van der Waals surface area (Å²) >= 11 is 0. The summed E-state index contributed by atoms with van der Waals surface area (Å²) in [5, 5.41) is 0. The fourth-order valence-electron chi connectivity index (χ4n) is 1.27. The number of hydrogen-bond donors (Lipinski definition) is 0. The van der Waals surface area contributed by atoms with Crippen molar-refractivity contribution in [3.63, 3.8) is 0 Å². The van der Waals surface area contributed by atoms with Gasteiger partial charge in [0.1, 0.15) is 0 Å². The van der Waals surface area contributed by atoms with Gasteiger partial charge in [0.05, 0.1) is 6.10 Å². The van der Waals surface area contributed by atoms with Crippen molar-refractivity contribution in [2.24, 2.45) is 0 Å². The van der Waals surface area contributed by atoms with Gasteiger partial charge in [-0.3, -0.25) is 0 Å². The second-order valence-electron chi connectivity index (χ2n) is 3.61. The Hall–Kier alpha value is -0.300. The van der Waals surface area contributed by atoms with E-state index in [0.717, 1.165) is 19.4 Å². The highest BCUT2D eigenvalue weighted by atomic mass is 16.5. The van der Waals surface area contributed by atoms with Gasteiger partial charge < -0.3 is 4.74 Å². The van der Waals surface area contributed by atoms with E-state index in [1.807, 2.05) is 6.08 Å². The van der Waals surface area contributed by atoms with E-state index in [-0.39, 0.29) is 0 Å². The molecule has 0 aliphatic rings. The Morgan fingerprint density at radius 3 is 2.69 bits per heavy atom. The molecule has 0 aromatic heterocycles. The molecule has 0 N–H and O–H groups in total. The van der Waals surface area contributed by atoms with Crippen molar-refractivity contribution >= 4 is 0 Å². The quantitative estimate of drug-likeness (QED) is 0.389. The van der Waals surface area contributed by atoms with Crippen molar-refractivity contribution in [3.05, 3.63) is 12.7 Å². The highest BCUT2D eigenvalue weighted by Gasteiger charge is 2.00. The zero-order valence-corrected chi connectivity index (χ0v) is 9.22. The average Bonchev–Trinajstić information content (AvgIpc) is 2.13. The number of rotatable bonds is 9. The molecule has 78 valence electrons. The van der Waals surface area contributed by atoms with Gasteiger partial charge in [-0.15, -0.1) is 6.58 Å². The topological polar surface area (TPSA) is 9.23 Å². The monoisotopic (exact) mass is 184 g/mol. The molecule has 1 nitrogen and oxygen atoms in total. The molecular formula is C12H24O. The summed E-state index contributed by atoms with van der Waals surface area (Å²) in [7, 11) is 0. The van der Waals surface area contributed by atoms with Gasteiger partial charge in [0.25, 0.3) is 0 Å². The van der Waals surface area contributed by atoms with Crippen LogP contribution < -0.4 is 0 Å². The molecule has 13 heavy (non-hydrogen) atoms. The highest BCUT2D eigenvalue weighted by molar-refractivity contribution is 4.66. The highest BCUT2D eigenvalue weighted by Crippen LogP contribution is 2.05. The summed E-state index contributed by atoms with van der Waals surface area (Å²) < 4.78 is 5.66. The van der Waals surface area contributed by atoms with Gasteiger partial charge in [0, 0.05) is 6.61 Å². The van der Waals surface area contributed by atoms with E-state index < -0.39 is 0 Å². The normalized spacial score (nSPS) is 12.8. The Kier molecular flexibility index (Phi) is 9.56. The smallest absolute Gasteiger partial charge is 0.0547 e. The lowest BCUT2D eigenvalue weighted by atomic mass is 10.2. The second-order valence-corrected chi connectivity index (χ2v) is 3.61. The molecule has 0 aromatic rings. The van der Waals surface area contributed by atoms with Crippen molar-refractivity contribution in [1.82, 2.24) is 0 Å². The summed E-state index contributed by atoms with van der Waals surface area (Å²) in [6.07, 6.45) is 9.66. The molecule has 1 atom stereocenters. The molecule has 0 aromatic carbocycles. The predicted octanol–water partition coefficient (Wildman–Crippen LogP) is 3.94. The van der Waals surface area contributed by atoms with Crippen molar-refractivity contribution in [2.45, 2.75) is 58.5 Å². The molecule has 0 heterocycles. The molecule has 0 rings (SSSR count). The van der Waals surface area contributed by atoms with Gasteiger partial charge in [0.15, 0.2) is 0 Å². The van der Waals surface area contributed by atoms with Crippen LogP contribution in [0.1, 0.15) is 52.4 Å². The molecule has 1 heteroatoms. The van der Waals surface area contributed by atoms with Crippen LogP contribution in [-0.2, 0) is 4.74 Å². The lowest BCUT2D eigenvalue weighted by Crippen LogP contribution is -2.08. The molecule has 0 aliphatic carbocycles. The van der Waals surface area contributed by atoms with Crippen LogP contribution >= 0.6 is 0 Å². The predicted molar refractivity (Wildman–Crippen MR) is 59.0 cm³/mol. The molecule has 0 radical (unpaired) electrons. The van der Waals surface area contributed by atoms with E-state index in [2.05, 4.69) is 20.4 Å². The Balaban J connectivity index is 3.09. The Bertz CT molecular complexity index is 110. The molecule has 0 spiro atoms. The summed E-state index contributed by atoms with van der Waals surface area (Å²) in [5.74, 6) is 0. The number of ether oxygens (including phenoxy) is 1. The van der Waals surface area contributed by atoms with E-state index in [1.165, 1.54) is 25.7 Å². The third-order valence-electron chi connectivity index (χ3n) is 2.17. The van der Waals surface area contributed by atoms with Crippen LogP contribution in [0, 0.1) is 0 Å². The van der Waals surface area contributed by atoms with E-state index in [9.17, 15) is 0 Å². The first-order valence-electron chi connectivity index (χ1n) is 5.53.